The van der Waals surface area contributed by atoms with Crippen molar-refractivity contribution in [1.29, 1.82) is 0 Å². The molecule has 2 saturated heterocycles. The number of hydrogen-bond donors (Lipinski definition) is 0. The average Bonchev–Trinajstić information content (AvgIpc) is 2.63. The fourth-order valence-corrected chi connectivity index (χ4v) is 3.70. The fraction of sp³-hybridized carbons (Fsp3) is 0.650. The second kappa shape index (κ2) is 8.19. The van der Waals surface area contributed by atoms with E-state index in [2.05, 4.69) is 59.7 Å². The highest BCUT2D eigenvalue weighted by molar-refractivity contribution is 5.78. The average molecular weight is 345 g/mol. The summed E-state index contributed by atoms with van der Waals surface area (Å²) < 4.78 is 0. The number of carbonyl (C=O) groups excluding carboxylic acids is 1. The van der Waals surface area contributed by atoms with Crippen LogP contribution in [0.1, 0.15) is 19.4 Å². The van der Waals surface area contributed by atoms with Gasteiger partial charge in [-0.3, -0.25) is 14.6 Å². The first-order valence-electron chi connectivity index (χ1n) is 9.59. The summed E-state index contributed by atoms with van der Waals surface area (Å²) in [6.45, 7) is 14.8. The van der Waals surface area contributed by atoms with Crippen LogP contribution >= 0.6 is 0 Å². The Balaban J connectivity index is 1.43. The Morgan fingerprint density at radius 1 is 0.920 bits per heavy atom. The van der Waals surface area contributed by atoms with Crippen molar-refractivity contribution < 1.29 is 4.79 Å². The predicted molar refractivity (Wildman–Crippen MR) is 103 cm³/mol. The second-order valence-corrected chi connectivity index (χ2v) is 7.61. The van der Waals surface area contributed by atoms with Crippen LogP contribution in [0.25, 0.3) is 0 Å². The van der Waals surface area contributed by atoms with Gasteiger partial charge >= 0.3 is 0 Å². The van der Waals surface area contributed by atoms with E-state index in [0.29, 0.717) is 18.5 Å². The number of nitrogens with zero attached hydrogens (tertiary/aromatic N) is 4. The Kier molecular flexibility index (Phi) is 5.97. The molecule has 0 spiro atoms. The summed E-state index contributed by atoms with van der Waals surface area (Å²) in [6.07, 6.45) is 0. The molecule has 1 aromatic rings. The van der Waals surface area contributed by atoms with Crippen LogP contribution in [0.2, 0.25) is 0 Å². The zero-order chi connectivity index (χ0) is 17.8. The lowest BCUT2D eigenvalue weighted by molar-refractivity contribution is -0.134. The molecule has 2 heterocycles. The molecule has 0 radical (unpaired) electrons. The molecule has 1 aromatic carbocycles. The van der Waals surface area contributed by atoms with Crippen molar-refractivity contribution in [2.24, 2.45) is 0 Å². The number of hydrogen-bond acceptors (Lipinski definition) is 4. The van der Waals surface area contributed by atoms with Crippen LogP contribution in [0.4, 0.5) is 5.69 Å². The van der Waals surface area contributed by atoms with E-state index in [9.17, 15) is 4.79 Å². The number of rotatable bonds is 4. The van der Waals surface area contributed by atoms with E-state index < -0.39 is 0 Å². The molecule has 0 unspecified atom stereocenters. The molecule has 0 atom stereocenters. The topological polar surface area (TPSA) is 30.0 Å². The predicted octanol–water partition coefficient (Wildman–Crippen LogP) is 1.67. The quantitative estimate of drug-likeness (QED) is 0.831. The van der Waals surface area contributed by atoms with Crippen molar-refractivity contribution in [3.63, 3.8) is 0 Å². The smallest absolute Gasteiger partial charge is 0.236 e. The van der Waals surface area contributed by atoms with E-state index in [1.54, 1.807) is 0 Å². The molecule has 2 aliphatic rings. The summed E-state index contributed by atoms with van der Waals surface area (Å²) in [5.74, 6) is 0.298. The first-order valence-corrected chi connectivity index (χ1v) is 9.59. The maximum Gasteiger partial charge on any atom is 0.236 e. The molecule has 3 rings (SSSR count). The van der Waals surface area contributed by atoms with Crippen LogP contribution in [-0.2, 0) is 4.79 Å². The highest BCUT2D eigenvalue weighted by atomic mass is 16.2. The van der Waals surface area contributed by atoms with Gasteiger partial charge in [0.15, 0.2) is 0 Å². The third kappa shape index (κ3) is 4.73. The van der Waals surface area contributed by atoms with Gasteiger partial charge in [-0.25, -0.2) is 0 Å². The molecule has 5 heteroatoms. The molecule has 0 N–H and O–H groups in total. The van der Waals surface area contributed by atoms with Crippen molar-refractivity contribution in [2.75, 3.05) is 63.8 Å². The van der Waals surface area contributed by atoms with Gasteiger partial charge in [0.2, 0.25) is 5.91 Å². The molecule has 2 aliphatic heterocycles. The van der Waals surface area contributed by atoms with E-state index in [1.165, 1.54) is 11.3 Å². The van der Waals surface area contributed by atoms with Gasteiger partial charge in [0.25, 0.3) is 0 Å². The van der Waals surface area contributed by atoms with Crippen molar-refractivity contribution in [1.82, 2.24) is 14.7 Å². The van der Waals surface area contributed by atoms with Crippen LogP contribution in [0.15, 0.2) is 24.3 Å². The van der Waals surface area contributed by atoms with Crippen molar-refractivity contribution in [3.8, 4) is 0 Å². The maximum absolute atomic E-state index is 12.6. The van der Waals surface area contributed by atoms with Crippen LogP contribution in [0.5, 0.6) is 0 Å². The van der Waals surface area contributed by atoms with Crippen LogP contribution in [0.3, 0.4) is 0 Å². The highest BCUT2D eigenvalue weighted by Crippen LogP contribution is 2.17. The van der Waals surface area contributed by atoms with E-state index in [1.807, 2.05) is 4.90 Å². The summed E-state index contributed by atoms with van der Waals surface area (Å²) in [4.78, 5) is 21.8. The minimum atomic E-state index is 0.298. The van der Waals surface area contributed by atoms with Gasteiger partial charge in [-0.2, -0.15) is 0 Å². The SMILES string of the molecule is Cc1ccc(N2CCN(CC(=O)N3CCN(C(C)C)CC3)CC2)cc1. The minimum absolute atomic E-state index is 0.298. The lowest BCUT2D eigenvalue weighted by atomic mass is 10.2. The van der Waals surface area contributed by atoms with Gasteiger partial charge < -0.3 is 9.80 Å². The van der Waals surface area contributed by atoms with Gasteiger partial charge in [0.1, 0.15) is 0 Å². The Labute approximate surface area is 152 Å². The summed E-state index contributed by atoms with van der Waals surface area (Å²) in [7, 11) is 0. The number of piperazine rings is 2. The zero-order valence-electron chi connectivity index (χ0n) is 15.9. The number of anilines is 1. The fourth-order valence-electron chi connectivity index (χ4n) is 3.70. The Morgan fingerprint density at radius 2 is 1.52 bits per heavy atom. The Bertz CT molecular complexity index is 556. The van der Waals surface area contributed by atoms with Gasteiger partial charge in [0, 0.05) is 64.1 Å². The summed E-state index contributed by atoms with van der Waals surface area (Å²) >= 11 is 0. The molecule has 1 amide bonds. The molecule has 25 heavy (non-hydrogen) atoms. The third-order valence-corrected chi connectivity index (χ3v) is 5.53. The summed E-state index contributed by atoms with van der Waals surface area (Å²) in [5, 5.41) is 0. The van der Waals surface area contributed by atoms with Crippen molar-refractivity contribution in [2.45, 2.75) is 26.8 Å². The molecule has 0 aliphatic carbocycles. The number of carbonyl (C=O) groups is 1. The van der Waals surface area contributed by atoms with Crippen LogP contribution in [0, 0.1) is 6.92 Å². The molecule has 2 fully saturated rings. The molecule has 0 saturated carbocycles. The second-order valence-electron chi connectivity index (χ2n) is 7.61. The maximum atomic E-state index is 12.6. The van der Waals surface area contributed by atoms with Crippen LogP contribution in [-0.4, -0.2) is 85.6 Å². The van der Waals surface area contributed by atoms with Crippen LogP contribution < -0.4 is 4.90 Å². The van der Waals surface area contributed by atoms with E-state index in [-0.39, 0.29) is 0 Å². The lowest BCUT2D eigenvalue weighted by Crippen LogP contribution is -2.54. The highest BCUT2D eigenvalue weighted by Gasteiger charge is 2.25. The van der Waals surface area contributed by atoms with E-state index >= 15 is 0 Å². The standard InChI is InChI=1S/C20H32N4O/c1-17(2)22-12-14-24(15-13-22)20(25)16-21-8-10-23(11-9-21)19-6-4-18(3)5-7-19/h4-7,17H,8-16H2,1-3H3. The summed E-state index contributed by atoms with van der Waals surface area (Å²) in [5.41, 5.74) is 2.59. The third-order valence-electron chi connectivity index (χ3n) is 5.53. The van der Waals surface area contributed by atoms with Gasteiger partial charge in [-0.1, -0.05) is 17.7 Å². The zero-order valence-corrected chi connectivity index (χ0v) is 15.9. The lowest BCUT2D eigenvalue weighted by Gasteiger charge is -2.39. The summed E-state index contributed by atoms with van der Waals surface area (Å²) in [6, 6.07) is 9.31. The Morgan fingerprint density at radius 3 is 2.08 bits per heavy atom. The minimum Gasteiger partial charge on any atom is -0.369 e. The number of aryl methyl sites for hydroxylation is 1. The number of benzene rings is 1. The van der Waals surface area contributed by atoms with E-state index in [0.717, 1.165) is 52.4 Å². The molecule has 138 valence electrons. The first-order chi connectivity index (χ1) is 12.0. The first kappa shape index (κ1) is 18.2. The van der Waals surface area contributed by atoms with Crippen molar-refractivity contribution in [3.05, 3.63) is 29.8 Å². The van der Waals surface area contributed by atoms with Gasteiger partial charge in [0.05, 0.1) is 6.54 Å². The molecular formula is C20H32N4O. The van der Waals surface area contributed by atoms with Crippen molar-refractivity contribution >= 4 is 11.6 Å². The van der Waals surface area contributed by atoms with Gasteiger partial charge in [-0.05, 0) is 32.9 Å². The molecular weight excluding hydrogens is 312 g/mol. The molecule has 0 bridgehead atoms. The molecule has 5 nitrogen and oxygen atoms in total. The largest absolute Gasteiger partial charge is 0.369 e. The normalized spacial score (nSPS) is 20.3. The van der Waals surface area contributed by atoms with E-state index in [4.69, 9.17) is 0 Å². The van der Waals surface area contributed by atoms with Gasteiger partial charge in [-0.15, -0.1) is 0 Å². The number of amides is 1. The Hall–Kier alpha value is -1.59. The monoisotopic (exact) mass is 344 g/mol. The molecule has 0 aromatic heterocycles.